The van der Waals surface area contributed by atoms with Gasteiger partial charge in [0.05, 0.1) is 15.7 Å². The van der Waals surface area contributed by atoms with Crippen LogP contribution in [0.1, 0.15) is 0 Å². The van der Waals surface area contributed by atoms with Crippen LogP contribution in [0.3, 0.4) is 0 Å². The van der Waals surface area contributed by atoms with Gasteiger partial charge in [0.1, 0.15) is 4.90 Å². The summed E-state index contributed by atoms with van der Waals surface area (Å²) >= 11 is 11.2. The Hall–Kier alpha value is -0.160. The molecule has 2 N–H and O–H groups in total. The van der Waals surface area contributed by atoms with Gasteiger partial charge in [0.15, 0.2) is 0 Å². The van der Waals surface area contributed by atoms with Crippen LogP contribution in [0.2, 0.25) is 10.0 Å². The lowest BCUT2D eigenvalue weighted by Gasteiger charge is -2.03. The number of benzene rings is 1. The highest BCUT2D eigenvalue weighted by molar-refractivity contribution is 8.13. The molecule has 0 spiro atoms. The van der Waals surface area contributed by atoms with E-state index in [1.165, 1.54) is 6.07 Å². The molecule has 0 aliphatic heterocycles. The molecule has 0 fully saturated rings. The van der Waals surface area contributed by atoms with E-state index in [0.717, 1.165) is 6.07 Å². The second-order valence-electron chi connectivity index (χ2n) is 2.24. The second kappa shape index (κ2) is 3.53. The van der Waals surface area contributed by atoms with E-state index in [4.69, 9.17) is 39.6 Å². The molecular formula is C6H4Cl3NO2S. The highest BCUT2D eigenvalue weighted by Crippen LogP contribution is 2.31. The number of nitrogen functional groups attached to an aromatic ring is 1. The van der Waals surface area contributed by atoms with Crippen molar-refractivity contribution >= 4 is 48.6 Å². The van der Waals surface area contributed by atoms with Crippen molar-refractivity contribution in [3.63, 3.8) is 0 Å². The van der Waals surface area contributed by atoms with Crippen molar-refractivity contribution < 1.29 is 8.42 Å². The van der Waals surface area contributed by atoms with Crippen LogP contribution in [0.5, 0.6) is 0 Å². The SMILES string of the molecule is Nc1cc(Cl)c(S(=O)(=O)Cl)cc1Cl. The van der Waals surface area contributed by atoms with Crippen molar-refractivity contribution in [2.24, 2.45) is 0 Å². The van der Waals surface area contributed by atoms with Crippen molar-refractivity contribution in [3.8, 4) is 0 Å². The van der Waals surface area contributed by atoms with Crippen LogP contribution in [0.4, 0.5) is 5.69 Å². The van der Waals surface area contributed by atoms with E-state index in [1.807, 2.05) is 0 Å². The van der Waals surface area contributed by atoms with Crippen LogP contribution in [0.25, 0.3) is 0 Å². The Morgan fingerprint density at radius 1 is 1.15 bits per heavy atom. The number of rotatable bonds is 1. The smallest absolute Gasteiger partial charge is 0.262 e. The van der Waals surface area contributed by atoms with Crippen molar-refractivity contribution in [3.05, 3.63) is 22.2 Å². The summed E-state index contributed by atoms with van der Waals surface area (Å²) in [5.74, 6) is 0. The van der Waals surface area contributed by atoms with E-state index in [1.54, 1.807) is 0 Å². The summed E-state index contributed by atoms with van der Waals surface area (Å²) in [4.78, 5) is -0.241. The first-order chi connectivity index (χ1) is 5.82. The number of hydrogen-bond acceptors (Lipinski definition) is 3. The van der Waals surface area contributed by atoms with Gasteiger partial charge in [-0.25, -0.2) is 8.42 Å². The third-order valence-corrected chi connectivity index (χ3v) is 3.43. The molecule has 0 unspecified atom stereocenters. The Bertz CT molecular complexity index is 443. The topological polar surface area (TPSA) is 60.2 Å². The molecule has 0 aromatic heterocycles. The van der Waals surface area contributed by atoms with Crippen molar-refractivity contribution in [2.45, 2.75) is 4.90 Å². The number of anilines is 1. The molecule has 3 nitrogen and oxygen atoms in total. The third kappa shape index (κ3) is 2.40. The summed E-state index contributed by atoms with van der Waals surface area (Å²) < 4.78 is 21.8. The molecule has 72 valence electrons. The van der Waals surface area contributed by atoms with Crippen molar-refractivity contribution in [2.75, 3.05) is 5.73 Å². The maximum atomic E-state index is 10.9. The average molecular weight is 261 g/mol. The maximum Gasteiger partial charge on any atom is 0.262 e. The minimum absolute atomic E-state index is 0.0445. The van der Waals surface area contributed by atoms with Gasteiger partial charge in [-0.15, -0.1) is 0 Å². The third-order valence-electron chi connectivity index (χ3n) is 1.31. The molecule has 0 saturated heterocycles. The predicted octanol–water partition coefficient (Wildman–Crippen LogP) is 2.50. The first-order valence-electron chi connectivity index (χ1n) is 3.01. The van der Waals surface area contributed by atoms with Gasteiger partial charge in [-0.05, 0) is 12.1 Å². The van der Waals surface area contributed by atoms with Gasteiger partial charge in [0.2, 0.25) is 0 Å². The Morgan fingerprint density at radius 2 is 1.69 bits per heavy atom. The fraction of sp³-hybridized carbons (Fsp3) is 0. The van der Waals surface area contributed by atoms with Crippen LogP contribution in [0, 0.1) is 0 Å². The Morgan fingerprint density at radius 3 is 2.15 bits per heavy atom. The molecule has 0 aliphatic carbocycles. The molecular weight excluding hydrogens is 256 g/mol. The molecule has 0 aliphatic rings. The van der Waals surface area contributed by atoms with Crippen LogP contribution in [-0.2, 0) is 9.05 Å². The fourth-order valence-electron chi connectivity index (χ4n) is 0.731. The normalized spacial score (nSPS) is 11.6. The summed E-state index contributed by atoms with van der Waals surface area (Å²) in [6.07, 6.45) is 0. The number of nitrogens with two attached hydrogens (primary N) is 1. The van der Waals surface area contributed by atoms with Gasteiger partial charge >= 0.3 is 0 Å². The van der Waals surface area contributed by atoms with Gasteiger partial charge < -0.3 is 5.73 Å². The highest BCUT2D eigenvalue weighted by Gasteiger charge is 2.16. The Kier molecular flexibility index (Phi) is 2.97. The molecule has 7 heteroatoms. The lowest BCUT2D eigenvalue weighted by atomic mass is 10.3. The van der Waals surface area contributed by atoms with E-state index < -0.39 is 9.05 Å². The second-order valence-corrected chi connectivity index (χ2v) is 5.59. The summed E-state index contributed by atoms with van der Waals surface area (Å²) in [5, 5.41) is 0.0560. The molecule has 0 atom stereocenters. The van der Waals surface area contributed by atoms with Gasteiger partial charge in [-0.3, -0.25) is 0 Å². The van der Waals surface area contributed by atoms with Gasteiger partial charge in [-0.1, -0.05) is 23.2 Å². The predicted molar refractivity (Wildman–Crippen MR) is 53.9 cm³/mol. The Labute approximate surface area is 89.8 Å². The minimum Gasteiger partial charge on any atom is -0.397 e. The van der Waals surface area contributed by atoms with Crippen LogP contribution in [-0.4, -0.2) is 8.42 Å². The molecule has 1 aromatic rings. The molecule has 1 aromatic carbocycles. The lowest BCUT2D eigenvalue weighted by molar-refractivity contribution is 0.609. The summed E-state index contributed by atoms with van der Waals surface area (Å²) in [5.41, 5.74) is 5.58. The summed E-state index contributed by atoms with van der Waals surface area (Å²) in [6, 6.07) is 2.35. The zero-order valence-corrected chi connectivity index (χ0v) is 9.17. The fourth-order valence-corrected chi connectivity index (χ4v) is 2.49. The standard InChI is InChI=1S/C6H4Cl3NO2S/c7-3-2-6(13(9,11)12)4(8)1-5(3)10/h1-2H,10H2. The van der Waals surface area contributed by atoms with E-state index >= 15 is 0 Å². The molecule has 13 heavy (non-hydrogen) atoms. The average Bonchev–Trinajstić information content (AvgIpc) is 1.94. The van der Waals surface area contributed by atoms with E-state index in [9.17, 15) is 8.42 Å². The minimum atomic E-state index is -3.87. The van der Waals surface area contributed by atoms with Crippen LogP contribution >= 0.6 is 33.9 Å². The zero-order chi connectivity index (χ0) is 10.2. The molecule has 0 saturated carbocycles. The van der Waals surface area contributed by atoms with Crippen LogP contribution < -0.4 is 5.73 Å². The largest absolute Gasteiger partial charge is 0.397 e. The molecule has 0 amide bonds. The number of halogens is 3. The van der Waals surface area contributed by atoms with Gasteiger partial charge in [0.25, 0.3) is 9.05 Å². The maximum absolute atomic E-state index is 10.9. The van der Waals surface area contributed by atoms with Gasteiger partial charge in [-0.2, -0.15) is 0 Å². The first kappa shape index (κ1) is 10.9. The quantitative estimate of drug-likeness (QED) is 0.623. The first-order valence-corrected chi connectivity index (χ1v) is 6.08. The van der Waals surface area contributed by atoms with Crippen LogP contribution in [0.15, 0.2) is 17.0 Å². The molecule has 0 heterocycles. The highest BCUT2D eigenvalue weighted by atomic mass is 35.7. The summed E-state index contributed by atoms with van der Waals surface area (Å²) in [7, 11) is 1.20. The Balaban J connectivity index is 3.50. The van der Waals surface area contributed by atoms with E-state index in [2.05, 4.69) is 0 Å². The zero-order valence-electron chi connectivity index (χ0n) is 6.09. The molecule has 0 bridgehead atoms. The van der Waals surface area contributed by atoms with E-state index in [0.29, 0.717) is 0 Å². The molecule has 1 rings (SSSR count). The number of hydrogen-bond donors (Lipinski definition) is 1. The van der Waals surface area contributed by atoms with Gasteiger partial charge in [0, 0.05) is 10.7 Å². The molecule has 0 radical (unpaired) electrons. The van der Waals surface area contributed by atoms with Crippen molar-refractivity contribution in [1.29, 1.82) is 0 Å². The van der Waals surface area contributed by atoms with Crippen molar-refractivity contribution in [1.82, 2.24) is 0 Å². The monoisotopic (exact) mass is 259 g/mol. The lowest BCUT2D eigenvalue weighted by Crippen LogP contribution is -1.94. The van der Waals surface area contributed by atoms with E-state index in [-0.39, 0.29) is 20.6 Å². The summed E-state index contributed by atoms with van der Waals surface area (Å²) in [6.45, 7) is 0.